The van der Waals surface area contributed by atoms with Gasteiger partial charge in [-0.3, -0.25) is 0 Å². The first-order valence-corrected chi connectivity index (χ1v) is 0. The Kier molecular flexibility index (Phi) is 165. The van der Waals surface area contributed by atoms with Gasteiger partial charge in [0.25, 0.3) is 0 Å². The molecular formula is FeMoNi2. The molecule has 34 valence electrons. The summed E-state index contributed by atoms with van der Waals surface area (Å²) >= 11 is 0. The zero-order valence-corrected chi connectivity index (χ0v) is 6.48. The van der Waals surface area contributed by atoms with Crippen molar-refractivity contribution in [3.63, 3.8) is 0 Å². The monoisotopic (exact) mass is 270 g/mol. The molecule has 0 atom stereocenters. The summed E-state index contributed by atoms with van der Waals surface area (Å²) < 4.78 is 0. The minimum Gasteiger partial charge on any atom is 0 e. The van der Waals surface area contributed by atoms with Crippen molar-refractivity contribution in [1.29, 1.82) is 0 Å². The van der Waals surface area contributed by atoms with Gasteiger partial charge >= 0.3 is 0 Å². The van der Waals surface area contributed by atoms with Crippen LogP contribution in [0.4, 0.5) is 0 Å². The Morgan fingerprint density at radius 1 is 0.750 bits per heavy atom. The van der Waals surface area contributed by atoms with E-state index >= 15 is 0 Å². The van der Waals surface area contributed by atoms with Gasteiger partial charge in [0.15, 0.2) is 0 Å². The van der Waals surface area contributed by atoms with Crippen LogP contribution in [0.5, 0.6) is 0 Å². The maximum atomic E-state index is 0. The second kappa shape index (κ2) is 19.0. The van der Waals surface area contributed by atoms with Crippen LogP contribution in [0.2, 0.25) is 0 Å². The Morgan fingerprint density at radius 3 is 0.750 bits per heavy atom. The molecule has 0 aliphatic rings. The third-order valence-electron chi connectivity index (χ3n) is 0. The molecule has 0 N–H and O–H groups in total. The summed E-state index contributed by atoms with van der Waals surface area (Å²) in [5, 5.41) is 0. The van der Waals surface area contributed by atoms with Crippen molar-refractivity contribution < 1.29 is 71.1 Å². The molecule has 0 saturated heterocycles. The smallest absolute Gasteiger partial charge is 0 e. The maximum Gasteiger partial charge on any atom is 0 e. The Balaban J connectivity index is 0. The Morgan fingerprint density at radius 2 is 0.750 bits per heavy atom. The van der Waals surface area contributed by atoms with Crippen LogP contribution in [0.15, 0.2) is 0 Å². The van der Waals surface area contributed by atoms with E-state index in [1.54, 1.807) is 0 Å². The van der Waals surface area contributed by atoms with Gasteiger partial charge in [-0.1, -0.05) is 0 Å². The van der Waals surface area contributed by atoms with Crippen molar-refractivity contribution in [3.8, 4) is 0 Å². The Labute approximate surface area is 70.4 Å². The van der Waals surface area contributed by atoms with E-state index in [1.807, 2.05) is 0 Å². The van der Waals surface area contributed by atoms with Crippen LogP contribution in [-0.4, -0.2) is 0 Å². The molecule has 0 spiro atoms. The van der Waals surface area contributed by atoms with Gasteiger partial charge in [0, 0.05) is 71.1 Å². The van der Waals surface area contributed by atoms with E-state index in [0.29, 0.717) is 0 Å². The average molecular weight is 269 g/mol. The summed E-state index contributed by atoms with van der Waals surface area (Å²) in [6, 6.07) is 0. The summed E-state index contributed by atoms with van der Waals surface area (Å²) in [4.78, 5) is 0. The van der Waals surface area contributed by atoms with Crippen molar-refractivity contribution in [3.05, 3.63) is 0 Å². The average Bonchev–Trinajstić information content (AvgIpc) is 0. The molecule has 0 aliphatic heterocycles. The minimum absolute atomic E-state index is 0. The van der Waals surface area contributed by atoms with Gasteiger partial charge < -0.3 is 0 Å². The molecule has 0 bridgehead atoms. The second-order valence-electron chi connectivity index (χ2n) is 0. The van der Waals surface area contributed by atoms with E-state index < -0.39 is 0 Å². The van der Waals surface area contributed by atoms with Gasteiger partial charge in [-0.15, -0.1) is 0 Å². The maximum absolute atomic E-state index is 0. The number of hydrogen-bond acceptors (Lipinski definition) is 0. The summed E-state index contributed by atoms with van der Waals surface area (Å²) in [6.45, 7) is 0. The van der Waals surface area contributed by atoms with Crippen LogP contribution in [0.25, 0.3) is 0 Å². The van der Waals surface area contributed by atoms with E-state index in [0.717, 1.165) is 0 Å². The Hall–Kier alpha value is 2.19. The summed E-state index contributed by atoms with van der Waals surface area (Å²) in [5.41, 5.74) is 0. The topological polar surface area (TPSA) is 0 Å². The molecule has 0 aromatic rings. The molecule has 0 amide bonds. The number of hydrogen-bond donors (Lipinski definition) is 0. The van der Waals surface area contributed by atoms with Gasteiger partial charge in [-0.2, -0.15) is 0 Å². The molecule has 4 heavy (non-hydrogen) atoms. The first kappa shape index (κ1) is 34.7. The molecule has 0 unspecified atom stereocenters. The largest absolute Gasteiger partial charge is 0 e. The minimum atomic E-state index is 0. The van der Waals surface area contributed by atoms with Crippen molar-refractivity contribution in [2.75, 3.05) is 0 Å². The predicted molar refractivity (Wildman–Crippen MR) is 0 cm³/mol. The molecule has 4 heteroatoms. The molecule has 0 aliphatic carbocycles. The quantitative estimate of drug-likeness (QED) is 0.543. The number of rotatable bonds is 0. The van der Waals surface area contributed by atoms with Gasteiger partial charge in [-0.05, 0) is 0 Å². The van der Waals surface area contributed by atoms with Crippen molar-refractivity contribution in [2.45, 2.75) is 0 Å². The molecular weight excluding hydrogens is 269 g/mol. The van der Waals surface area contributed by atoms with Crippen LogP contribution in [-0.2, 0) is 71.1 Å². The SMILES string of the molecule is [Fe].[Mo].[Ni].[Ni]. The van der Waals surface area contributed by atoms with E-state index in [9.17, 15) is 0 Å². The van der Waals surface area contributed by atoms with E-state index in [4.69, 9.17) is 0 Å². The van der Waals surface area contributed by atoms with Gasteiger partial charge in [0.2, 0.25) is 0 Å². The molecule has 0 radical (unpaired) electrons. The van der Waals surface area contributed by atoms with Gasteiger partial charge in [0.1, 0.15) is 0 Å². The van der Waals surface area contributed by atoms with E-state index in [2.05, 4.69) is 0 Å². The van der Waals surface area contributed by atoms with Crippen molar-refractivity contribution in [2.24, 2.45) is 0 Å². The molecule has 0 fully saturated rings. The first-order valence-electron chi connectivity index (χ1n) is 0. The van der Waals surface area contributed by atoms with Crippen LogP contribution in [0, 0.1) is 0 Å². The van der Waals surface area contributed by atoms with Crippen LogP contribution in [0.1, 0.15) is 0 Å². The molecule has 0 heterocycles. The van der Waals surface area contributed by atoms with Gasteiger partial charge in [0.05, 0.1) is 0 Å². The summed E-state index contributed by atoms with van der Waals surface area (Å²) in [7, 11) is 0. The molecule has 0 aromatic carbocycles. The van der Waals surface area contributed by atoms with Crippen LogP contribution >= 0.6 is 0 Å². The molecule has 0 aromatic heterocycles. The van der Waals surface area contributed by atoms with Crippen LogP contribution < -0.4 is 0 Å². The van der Waals surface area contributed by atoms with Gasteiger partial charge in [-0.25, -0.2) is 0 Å². The fourth-order valence-electron chi connectivity index (χ4n) is 0. The normalized spacial score (nSPS) is 0. The fraction of sp³-hybridized carbons (Fsp3) is 0. The zero-order valence-electron chi connectivity index (χ0n) is 1.39. The standard InChI is InChI=1S/Fe.Mo.2Ni. The summed E-state index contributed by atoms with van der Waals surface area (Å²) in [5.74, 6) is 0. The third-order valence-corrected chi connectivity index (χ3v) is 0. The predicted octanol–water partition coefficient (Wildman–Crippen LogP) is -0.0100. The van der Waals surface area contributed by atoms with Crippen LogP contribution in [0.3, 0.4) is 0 Å². The van der Waals surface area contributed by atoms with E-state index in [1.165, 1.54) is 0 Å². The van der Waals surface area contributed by atoms with Crippen molar-refractivity contribution >= 4 is 0 Å². The third kappa shape index (κ3) is 8.89. The first-order chi connectivity index (χ1) is 0. The molecule has 0 nitrogen and oxygen atoms in total. The van der Waals surface area contributed by atoms with E-state index in [-0.39, 0.29) is 71.1 Å². The second-order valence-corrected chi connectivity index (χ2v) is 0. The fourth-order valence-corrected chi connectivity index (χ4v) is 0. The Bertz CT molecular complexity index is 6.00. The zero-order chi connectivity index (χ0) is 0. The molecule has 0 rings (SSSR count). The summed E-state index contributed by atoms with van der Waals surface area (Å²) in [6.07, 6.45) is 0. The van der Waals surface area contributed by atoms with Crippen molar-refractivity contribution in [1.82, 2.24) is 0 Å². The molecule has 0 saturated carbocycles.